The van der Waals surface area contributed by atoms with Crippen molar-refractivity contribution >= 4 is 17.7 Å². The number of ether oxygens (including phenoxy) is 1. The molecule has 4 atom stereocenters. The smallest absolute Gasteiger partial charge is 0.229 e. The topological polar surface area (TPSA) is 29.5 Å². The van der Waals surface area contributed by atoms with Gasteiger partial charge in [0.25, 0.3) is 0 Å². The molecule has 112 valence electrons. The molecule has 0 radical (unpaired) electrons. The lowest BCUT2D eigenvalue weighted by molar-refractivity contribution is -0.139. The Morgan fingerprint density at radius 1 is 1.30 bits per heavy atom. The highest BCUT2D eigenvalue weighted by atomic mass is 32.2. The van der Waals surface area contributed by atoms with Gasteiger partial charge in [-0.2, -0.15) is 11.8 Å². The van der Waals surface area contributed by atoms with Crippen LogP contribution in [0.25, 0.3) is 0 Å². The SMILES string of the molecule is C=C(C)[C@H]1OCC[C@H]1C(=O)N1CCS[C@@H]2CCCC[C@@H]21. The summed E-state index contributed by atoms with van der Waals surface area (Å²) in [5.41, 5.74) is 0.993. The first-order valence-corrected chi connectivity index (χ1v) is 8.92. The molecule has 20 heavy (non-hydrogen) atoms. The minimum atomic E-state index is -0.0564. The Balaban J connectivity index is 1.73. The average Bonchev–Trinajstić information content (AvgIpc) is 2.95. The summed E-state index contributed by atoms with van der Waals surface area (Å²) in [5.74, 6) is 1.43. The van der Waals surface area contributed by atoms with Crippen molar-refractivity contribution in [2.24, 2.45) is 5.92 Å². The fourth-order valence-corrected chi connectivity index (χ4v) is 5.35. The van der Waals surface area contributed by atoms with E-state index in [9.17, 15) is 4.79 Å². The molecular weight excluding hydrogens is 270 g/mol. The van der Waals surface area contributed by atoms with E-state index in [-0.39, 0.29) is 12.0 Å². The average molecular weight is 295 g/mol. The van der Waals surface area contributed by atoms with Crippen molar-refractivity contribution in [1.82, 2.24) is 4.90 Å². The van der Waals surface area contributed by atoms with Crippen LogP contribution in [0.5, 0.6) is 0 Å². The van der Waals surface area contributed by atoms with Gasteiger partial charge in [0.2, 0.25) is 5.91 Å². The summed E-state index contributed by atoms with van der Waals surface area (Å²) in [5, 5.41) is 0.673. The number of hydrogen-bond donors (Lipinski definition) is 0. The van der Waals surface area contributed by atoms with Gasteiger partial charge in [-0.05, 0) is 26.2 Å². The van der Waals surface area contributed by atoms with Crippen molar-refractivity contribution < 1.29 is 9.53 Å². The maximum Gasteiger partial charge on any atom is 0.229 e. The molecule has 3 nitrogen and oxygen atoms in total. The number of rotatable bonds is 2. The van der Waals surface area contributed by atoms with Gasteiger partial charge in [-0.3, -0.25) is 4.79 Å². The highest BCUT2D eigenvalue weighted by Crippen LogP contribution is 2.37. The van der Waals surface area contributed by atoms with Gasteiger partial charge < -0.3 is 9.64 Å². The number of fused-ring (bicyclic) bond motifs is 1. The third-order valence-electron chi connectivity index (χ3n) is 4.91. The van der Waals surface area contributed by atoms with Crippen molar-refractivity contribution in [2.75, 3.05) is 18.9 Å². The van der Waals surface area contributed by atoms with Crippen molar-refractivity contribution in [1.29, 1.82) is 0 Å². The molecule has 3 rings (SSSR count). The van der Waals surface area contributed by atoms with Gasteiger partial charge in [0.1, 0.15) is 0 Å². The van der Waals surface area contributed by atoms with E-state index in [1.807, 2.05) is 6.92 Å². The summed E-state index contributed by atoms with van der Waals surface area (Å²) in [6, 6.07) is 0.473. The summed E-state index contributed by atoms with van der Waals surface area (Å²) in [6.45, 7) is 7.59. The lowest BCUT2D eigenvalue weighted by atomic mass is 9.90. The summed E-state index contributed by atoms with van der Waals surface area (Å²) >= 11 is 2.08. The van der Waals surface area contributed by atoms with E-state index in [0.29, 0.717) is 23.8 Å². The summed E-state index contributed by atoms with van der Waals surface area (Å²) in [4.78, 5) is 15.2. The quantitative estimate of drug-likeness (QED) is 0.734. The van der Waals surface area contributed by atoms with Gasteiger partial charge >= 0.3 is 0 Å². The Bertz CT molecular complexity index is 396. The molecule has 0 bridgehead atoms. The van der Waals surface area contributed by atoms with E-state index >= 15 is 0 Å². The molecule has 3 fully saturated rings. The summed E-state index contributed by atoms with van der Waals surface area (Å²) < 4.78 is 5.72. The molecule has 1 amide bonds. The normalized spacial score (nSPS) is 37.5. The van der Waals surface area contributed by atoms with E-state index in [0.717, 1.165) is 24.3 Å². The van der Waals surface area contributed by atoms with Crippen molar-refractivity contribution in [3.8, 4) is 0 Å². The second-order valence-electron chi connectivity index (χ2n) is 6.33. The number of amides is 1. The maximum absolute atomic E-state index is 13.0. The zero-order valence-electron chi connectivity index (χ0n) is 12.3. The highest BCUT2D eigenvalue weighted by Gasteiger charge is 2.42. The molecule has 0 aromatic rings. The largest absolute Gasteiger partial charge is 0.373 e. The Kier molecular flexibility index (Phi) is 4.41. The second-order valence-corrected chi connectivity index (χ2v) is 7.67. The predicted octanol–water partition coefficient (Wildman–Crippen LogP) is 2.85. The summed E-state index contributed by atoms with van der Waals surface area (Å²) in [6.07, 6.45) is 5.88. The first kappa shape index (κ1) is 14.5. The van der Waals surface area contributed by atoms with E-state index in [1.165, 1.54) is 25.7 Å². The first-order valence-electron chi connectivity index (χ1n) is 7.87. The van der Waals surface area contributed by atoms with Crippen LogP contribution in [0.4, 0.5) is 0 Å². The van der Waals surface area contributed by atoms with Crippen LogP contribution in [0.1, 0.15) is 39.0 Å². The molecule has 0 N–H and O–H groups in total. The van der Waals surface area contributed by atoms with Crippen LogP contribution in [0, 0.1) is 5.92 Å². The van der Waals surface area contributed by atoms with E-state index < -0.39 is 0 Å². The Morgan fingerprint density at radius 3 is 2.90 bits per heavy atom. The van der Waals surface area contributed by atoms with E-state index in [4.69, 9.17) is 4.74 Å². The van der Waals surface area contributed by atoms with E-state index in [1.54, 1.807) is 0 Å². The maximum atomic E-state index is 13.0. The van der Waals surface area contributed by atoms with Gasteiger partial charge in [-0.1, -0.05) is 25.0 Å². The lowest BCUT2D eigenvalue weighted by Crippen LogP contribution is -2.54. The minimum absolute atomic E-state index is 0.0122. The van der Waals surface area contributed by atoms with Gasteiger partial charge in [0.15, 0.2) is 0 Å². The number of carbonyl (C=O) groups excluding carboxylic acids is 1. The van der Waals surface area contributed by atoms with Crippen LogP contribution in [0.15, 0.2) is 12.2 Å². The molecule has 0 unspecified atom stereocenters. The Hall–Kier alpha value is -0.480. The Labute approximate surface area is 126 Å². The molecule has 0 spiro atoms. The van der Waals surface area contributed by atoms with Crippen LogP contribution >= 0.6 is 11.8 Å². The molecule has 4 heteroatoms. The lowest BCUT2D eigenvalue weighted by Gasteiger charge is -2.44. The first-order chi connectivity index (χ1) is 9.68. The van der Waals surface area contributed by atoms with Crippen LogP contribution in [-0.2, 0) is 9.53 Å². The molecule has 2 aliphatic heterocycles. The molecular formula is C16H25NO2S. The number of thioether (sulfide) groups is 1. The zero-order chi connectivity index (χ0) is 14.1. The summed E-state index contributed by atoms with van der Waals surface area (Å²) in [7, 11) is 0. The van der Waals surface area contributed by atoms with Crippen LogP contribution in [-0.4, -0.2) is 47.1 Å². The number of hydrogen-bond acceptors (Lipinski definition) is 3. The minimum Gasteiger partial charge on any atom is -0.373 e. The Morgan fingerprint density at radius 2 is 2.10 bits per heavy atom. The molecule has 2 saturated heterocycles. The second kappa shape index (κ2) is 6.10. The van der Waals surface area contributed by atoms with Crippen molar-refractivity contribution in [2.45, 2.75) is 56.4 Å². The highest BCUT2D eigenvalue weighted by molar-refractivity contribution is 8.00. The monoisotopic (exact) mass is 295 g/mol. The standard InChI is InChI=1S/C16H25NO2S/c1-11(2)15-12(7-9-19-15)16(18)17-8-10-20-14-6-4-3-5-13(14)17/h12-15H,1,3-10H2,2H3/t12-,13+,14-,15-/m1/s1. The number of nitrogens with zero attached hydrogens (tertiary/aromatic N) is 1. The third kappa shape index (κ3) is 2.64. The van der Waals surface area contributed by atoms with E-state index in [2.05, 4.69) is 23.2 Å². The molecule has 3 aliphatic rings. The molecule has 0 aromatic carbocycles. The van der Waals surface area contributed by atoms with Gasteiger partial charge in [0.05, 0.1) is 12.0 Å². The van der Waals surface area contributed by atoms with Gasteiger partial charge in [-0.25, -0.2) is 0 Å². The van der Waals surface area contributed by atoms with Crippen molar-refractivity contribution in [3.63, 3.8) is 0 Å². The number of carbonyl (C=O) groups is 1. The van der Waals surface area contributed by atoms with Crippen LogP contribution < -0.4 is 0 Å². The van der Waals surface area contributed by atoms with Gasteiger partial charge in [-0.15, -0.1) is 0 Å². The van der Waals surface area contributed by atoms with Gasteiger partial charge in [0, 0.05) is 30.2 Å². The molecule has 1 saturated carbocycles. The van der Waals surface area contributed by atoms with Crippen LogP contribution in [0.3, 0.4) is 0 Å². The molecule has 1 aliphatic carbocycles. The third-order valence-corrected chi connectivity index (χ3v) is 6.31. The van der Waals surface area contributed by atoms with Crippen molar-refractivity contribution in [3.05, 3.63) is 12.2 Å². The fourth-order valence-electron chi connectivity index (χ4n) is 3.91. The molecule has 0 aromatic heterocycles. The molecule has 2 heterocycles. The fraction of sp³-hybridized carbons (Fsp3) is 0.812. The van der Waals surface area contributed by atoms with Crippen LogP contribution in [0.2, 0.25) is 0 Å². The zero-order valence-corrected chi connectivity index (χ0v) is 13.2. The predicted molar refractivity (Wildman–Crippen MR) is 82.9 cm³/mol.